The summed E-state index contributed by atoms with van der Waals surface area (Å²) < 4.78 is 11.0. The number of methoxy groups -OCH3 is 1. The number of carbonyl (C=O) groups excluding carboxylic acids is 2. The Balaban J connectivity index is 0.00000793. The van der Waals surface area contributed by atoms with E-state index in [0.29, 0.717) is 45.4 Å². The van der Waals surface area contributed by atoms with Crippen LogP contribution in [0.3, 0.4) is 0 Å². The molecule has 0 fully saturated rings. The number of aliphatic imine (C=N–C) groups is 3. The number of nitrogens with zero attached hydrogens (tertiary/aromatic N) is 4. The maximum Gasteiger partial charge on any atom is 2.00 e. The van der Waals surface area contributed by atoms with E-state index in [2.05, 4.69) is 62.0 Å². The number of aromatic nitrogens is 1. The molecule has 1 aromatic rings. The van der Waals surface area contributed by atoms with Gasteiger partial charge in [-0.2, -0.15) is 0 Å². The molecule has 65 heavy (non-hydrogen) atoms. The Morgan fingerprint density at radius 2 is 1.54 bits per heavy atom. The van der Waals surface area contributed by atoms with Gasteiger partial charge >= 0.3 is 35.0 Å². The predicted molar refractivity (Wildman–Crippen MR) is 265 cm³/mol. The molecule has 0 saturated carbocycles. The molecular weight excluding hydrogens is 821 g/mol. The minimum Gasteiger partial charge on any atom is -0.874 e. The Morgan fingerprint density at radius 1 is 0.892 bits per heavy atom. The summed E-state index contributed by atoms with van der Waals surface area (Å²) in [4.78, 5) is 47.5. The van der Waals surface area contributed by atoms with Crippen molar-refractivity contribution in [2.24, 2.45) is 50.5 Å². The van der Waals surface area contributed by atoms with E-state index in [0.717, 1.165) is 81.9 Å². The summed E-state index contributed by atoms with van der Waals surface area (Å²) in [6.45, 7) is 26.0. The van der Waals surface area contributed by atoms with Crippen LogP contribution in [0.25, 0.3) is 17.4 Å². The van der Waals surface area contributed by atoms with E-state index in [1.54, 1.807) is 0 Å². The minimum atomic E-state index is -1.22. The van der Waals surface area contributed by atoms with Gasteiger partial charge in [-0.25, -0.2) is 9.98 Å². The molecule has 344 valence electrons. The maximum atomic E-state index is 14.4. The van der Waals surface area contributed by atoms with Gasteiger partial charge in [0.15, 0.2) is 0 Å². The second-order valence-electron chi connectivity index (χ2n) is 19.4. The molecule has 10 heteroatoms. The molecule has 1 aliphatic carbocycles. The van der Waals surface area contributed by atoms with Crippen molar-refractivity contribution in [2.75, 3.05) is 13.7 Å². The molecule has 0 N–H and O–H groups in total. The summed E-state index contributed by atoms with van der Waals surface area (Å²) in [5, 5.41) is 15.2. The fourth-order valence-electron chi connectivity index (χ4n) is 10.1. The van der Waals surface area contributed by atoms with Crippen molar-refractivity contribution in [1.29, 1.82) is 0 Å². The van der Waals surface area contributed by atoms with Crippen molar-refractivity contribution in [1.82, 2.24) is 4.98 Å². The summed E-state index contributed by atoms with van der Waals surface area (Å²) in [6, 6.07) is 0. The standard InChI is InChI=1S/C55H73N4O5.Mg/c1-13-39-35(8)42-28-44-37(10)41(24-25-48(60)64-27-26-34(7)23-17-22-33(6)21-16-20-32(5)19-15-18-31(3)4)52(58-44)50-51(55(62)63-12)54(61)49-38(11)45(59-53(49)50)30-47-40(14-2)36(9)43(57-47)29-46(39)56-42;/h13,26,28-33,37,41,51H,1,14-25,27H2,2-12H3,(H-,56,57,58,59,61);/q-1;+2/p-1/b34-26+;/t32?,33?,37-,41-,51?;/m0./s1. The van der Waals surface area contributed by atoms with Gasteiger partial charge in [-0.05, 0) is 117 Å². The Morgan fingerprint density at radius 3 is 2.18 bits per heavy atom. The van der Waals surface area contributed by atoms with Crippen LogP contribution in [-0.2, 0) is 19.1 Å². The zero-order chi connectivity index (χ0) is 46.4. The number of hydrogen-bond acceptors (Lipinski definition) is 8. The van der Waals surface area contributed by atoms with Crippen LogP contribution in [0, 0.1) is 42.4 Å². The summed E-state index contributed by atoms with van der Waals surface area (Å²) in [5.74, 6) is -0.711. The molecule has 6 rings (SSSR count). The van der Waals surface area contributed by atoms with E-state index in [1.165, 1.54) is 57.6 Å². The van der Waals surface area contributed by atoms with Gasteiger partial charge in [0.25, 0.3) is 0 Å². The van der Waals surface area contributed by atoms with Crippen molar-refractivity contribution in [2.45, 2.75) is 146 Å². The van der Waals surface area contributed by atoms with E-state index in [9.17, 15) is 14.7 Å². The Labute approximate surface area is 404 Å². The molecule has 5 atom stereocenters. The van der Waals surface area contributed by atoms with Gasteiger partial charge in [0.1, 0.15) is 6.61 Å². The first-order chi connectivity index (χ1) is 30.6. The average molecular weight is 894 g/mol. The van der Waals surface area contributed by atoms with Gasteiger partial charge in [-0.15, -0.1) is 16.8 Å². The molecule has 9 nitrogen and oxygen atoms in total. The maximum absolute atomic E-state index is 14.4. The van der Waals surface area contributed by atoms with Crippen LogP contribution >= 0.6 is 0 Å². The van der Waals surface area contributed by atoms with E-state index < -0.39 is 11.9 Å². The summed E-state index contributed by atoms with van der Waals surface area (Å²) in [6.07, 6.45) is 22.4. The number of carbonyl (C=O) groups is 2. The van der Waals surface area contributed by atoms with Gasteiger partial charge in [0.05, 0.1) is 35.8 Å². The quantitative estimate of drug-likeness (QED) is 0.0729. The fourth-order valence-corrected chi connectivity index (χ4v) is 10.1. The second kappa shape index (κ2) is 22.9. The molecule has 1 aromatic heterocycles. The molecule has 0 amide bonds. The van der Waals surface area contributed by atoms with Gasteiger partial charge < -0.3 is 19.6 Å². The molecule has 8 bridgehead atoms. The molecule has 0 radical (unpaired) electrons. The Bertz CT molecular complexity index is 2450. The van der Waals surface area contributed by atoms with Gasteiger partial charge in [-0.3, -0.25) is 14.6 Å². The SMILES string of the molecule is C=CC1=C(C)C2=NC1=CC1=NC(=Cc3[n-]c4c(c3C)=C([O-])C(C(=O)OC)C=4C3=NC(=C2)[C@@H](C)[C@@H]3CCC(=O)OC/C=C(\C)CCCC(C)CCCC(C)CCCC(C)C)C(CC)=C1C.[Mg+2]. The number of allylic oxidation sites excluding steroid dienone is 8. The summed E-state index contributed by atoms with van der Waals surface area (Å²) in [5.41, 5.74) is 11.4. The summed E-state index contributed by atoms with van der Waals surface area (Å²) in [7, 11) is 1.30. The summed E-state index contributed by atoms with van der Waals surface area (Å²) >= 11 is 0. The topological polar surface area (TPSA) is 127 Å². The van der Waals surface area contributed by atoms with Crippen LogP contribution in [0.2, 0.25) is 0 Å². The second-order valence-corrected chi connectivity index (χ2v) is 19.4. The first kappa shape index (κ1) is 51.7. The van der Waals surface area contributed by atoms with Crippen LogP contribution in [-0.4, -0.2) is 65.8 Å². The van der Waals surface area contributed by atoms with Crippen LogP contribution in [0.1, 0.15) is 151 Å². The van der Waals surface area contributed by atoms with Crippen LogP contribution in [0.4, 0.5) is 0 Å². The zero-order valence-electron chi connectivity index (χ0n) is 41.3. The van der Waals surface area contributed by atoms with Crippen LogP contribution in [0.15, 0.2) is 90.8 Å². The first-order valence-electron chi connectivity index (χ1n) is 24.0. The van der Waals surface area contributed by atoms with E-state index >= 15 is 0 Å². The number of ether oxygens (including phenoxy) is 2. The van der Waals surface area contributed by atoms with Gasteiger partial charge in [-0.1, -0.05) is 116 Å². The minimum absolute atomic E-state index is 0. The van der Waals surface area contributed by atoms with E-state index in [1.807, 2.05) is 44.2 Å². The van der Waals surface area contributed by atoms with Gasteiger partial charge in [0, 0.05) is 35.2 Å². The van der Waals surface area contributed by atoms with Crippen LogP contribution < -0.4 is 20.7 Å². The van der Waals surface area contributed by atoms with Crippen molar-refractivity contribution < 1.29 is 24.2 Å². The van der Waals surface area contributed by atoms with Crippen molar-refractivity contribution >= 4 is 69.5 Å². The third-order valence-corrected chi connectivity index (χ3v) is 14.2. The van der Waals surface area contributed by atoms with Crippen molar-refractivity contribution in [3.05, 3.63) is 97.7 Å². The zero-order valence-corrected chi connectivity index (χ0v) is 42.7. The molecule has 3 unspecified atom stereocenters. The smallest absolute Gasteiger partial charge is 0.874 e. The van der Waals surface area contributed by atoms with Crippen molar-refractivity contribution in [3.8, 4) is 0 Å². The normalized spacial score (nSPS) is 21.2. The molecule has 0 aromatic carbocycles. The van der Waals surface area contributed by atoms with Crippen LogP contribution in [0.5, 0.6) is 0 Å². The molecule has 5 heterocycles. The van der Waals surface area contributed by atoms with E-state index in [4.69, 9.17) is 29.4 Å². The van der Waals surface area contributed by atoms with Gasteiger partial charge in [0.2, 0.25) is 0 Å². The van der Waals surface area contributed by atoms with Crippen molar-refractivity contribution in [3.63, 3.8) is 0 Å². The monoisotopic (exact) mass is 893 g/mol. The number of rotatable bonds is 20. The largest absolute Gasteiger partial charge is 2.00 e. The third-order valence-electron chi connectivity index (χ3n) is 14.2. The first-order valence-corrected chi connectivity index (χ1v) is 24.0. The van der Waals surface area contributed by atoms with E-state index in [-0.39, 0.29) is 59.6 Å². The molecular formula is C55H72MgN4O5. The number of fused-ring (bicyclic) bond motifs is 5. The predicted octanol–water partition coefficient (Wildman–Crippen LogP) is 9.67. The Kier molecular flexibility index (Phi) is 18.3. The number of esters is 2. The molecule has 0 saturated heterocycles. The average Bonchev–Trinajstić information content (AvgIpc) is 3.99. The third kappa shape index (κ3) is 11.6. The molecule has 0 spiro atoms. The Hall–Kier alpha value is -4.28. The molecule has 5 aliphatic rings. The molecule has 4 aliphatic heterocycles. The number of hydrogen-bond donors (Lipinski definition) is 0. The fraction of sp³-hybridized carbons (Fsp3) is 0.545.